The number of aliphatic imine (C=N–C) groups is 1. The summed E-state index contributed by atoms with van der Waals surface area (Å²) >= 11 is 0. The summed E-state index contributed by atoms with van der Waals surface area (Å²) < 4.78 is 6.34. The second kappa shape index (κ2) is 11.2. The van der Waals surface area contributed by atoms with Gasteiger partial charge in [-0.3, -0.25) is 4.99 Å². The van der Waals surface area contributed by atoms with Crippen molar-refractivity contribution in [2.24, 2.45) is 10.4 Å². The van der Waals surface area contributed by atoms with E-state index in [0.29, 0.717) is 28.4 Å². The first-order valence-electron chi connectivity index (χ1n) is 16.1. The third-order valence-corrected chi connectivity index (χ3v) is 9.54. The Balaban J connectivity index is 1.32. The summed E-state index contributed by atoms with van der Waals surface area (Å²) in [6.07, 6.45) is 3.64. The molecule has 1 aliphatic carbocycles. The number of hydrogen-bond donors (Lipinski definition) is 1. The van der Waals surface area contributed by atoms with Crippen LogP contribution in [0, 0.1) is 18.9 Å². The van der Waals surface area contributed by atoms with Crippen LogP contribution < -0.4 is 9.64 Å². The van der Waals surface area contributed by atoms with Crippen LogP contribution in [-0.4, -0.2) is 27.0 Å². The number of amidine groups is 1. The lowest BCUT2D eigenvalue weighted by Crippen LogP contribution is -2.47. The predicted molar refractivity (Wildman–Crippen MR) is 188 cm³/mol. The van der Waals surface area contributed by atoms with E-state index in [-0.39, 0.29) is 28.7 Å². The van der Waals surface area contributed by atoms with Crippen LogP contribution in [-0.2, 0) is 11.8 Å². The number of aromatic hydroxyl groups is 1. The molecule has 236 valence electrons. The van der Waals surface area contributed by atoms with Gasteiger partial charge in [0.2, 0.25) is 5.88 Å². The summed E-state index contributed by atoms with van der Waals surface area (Å²) in [5.41, 5.74) is 7.99. The Morgan fingerprint density at radius 3 is 2.51 bits per heavy atom. The second-order valence-corrected chi connectivity index (χ2v) is 14.5. The van der Waals surface area contributed by atoms with Crippen LogP contribution in [0.25, 0.3) is 15.9 Å². The average Bonchev–Trinajstić information content (AvgIpc) is 3.41. The molecule has 0 fully saturated rings. The van der Waals surface area contributed by atoms with Crippen LogP contribution in [0.4, 0.5) is 11.4 Å². The first-order chi connectivity index (χ1) is 22.4. The molecule has 0 spiro atoms. The highest BCUT2D eigenvalue weighted by Gasteiger charge is 2.48. The molecule has 47 heavy (non-hydrogen) atoms. The Kier molecular flexibility index (Phi) is 7.28. The maximum Gasteiger partial charge on any atom is 0.238 e. The van der Waals surface area contributed by atoms with E-state index in [2.05, 4.69) is 84.7 Å². The monoisotopic (exact) mass is 621 g/mol. The van der Waals surface area contributed by atoms with E-state index in [4.69, 9.17) is 16.3 Å². The SMILES string of the molecule is [C-]#[N+]c1ccc(N2C(c3cc(C)cc(Oc4cnc5cc(C(C)(C)C)cc(O)c5n4)c3)=N[C@H]3c4ccccc4CCC(C)(C)[C@@H]32)cc1. The molecule has 1 aliphatic heterocycles. The lowest BCUT2D eigenvalue weighted by Gasteiger charge is -2.40. The molecule has 7 rings (SSSR count). The topological polar surface area (TPSA) is 75.2 Å². The highest BCUT2D eigenvalue weighted by molar-refractivity contribution is 6.12. The van der Waals surface area contributed by atoms with Gasteiger partial charge in [-0.25, -0.2) is 14.8 Å². The van der Waals surface area contributed by atoms with Crippen molar-refractivity contribution in [3.05, 3.63) is 124 Å². The van der Waals surface area contributed by atoms with Crippen molar-refractivity contribution in [2.75, 3.05) is 4.90 Å². The number of aromatic nitrogens is 2. The third kappa shape index (κ3) is 5.59. The maximum atomic E-state index is 10.8. The van der Waals surface area contributed by atoms with Gasteiger partial charge in [-0.05, 0) is 95.3 Å². The molecule has 0 saturated carbocycles. The Morgan fingerprint density at radius 2 is 1.77 bits per heavy atom. The fourth-order valence-corrected chi connectivity index (χ4v) is 7.01. The van der Waals surface area contributed by atoms with Gasteiger partial charge in [0.05, 0.1) is 30.4 Å². The van der Waals surface area contributed by atoms with E-state index in [1.165, 1.54) is 11.1 Å². The molecule has 2 atom stereocenters. The van der Waals surface area contributed by atoms with E-state index >= 15 is 0 Å². The number of fused-ring (bicyclic) bond motifs is 4. The third-order valence-electron chi connectivity index (χ3n) is 9.54. The predicted octanol–water partition coefficient (Wildman–Crippen LogP) is 9.63. The highest BCUT2D eigenvalue weighted by Crippen LogP contribution is 2.50. The largest absolute Gasteiger partial charge is 0.506 e. The molecular formula is C40H39N5O2. The molecule has 0 saturated heterocycles. The summed E-state index contributed by atoms with van der Waals surface area (Å²) in [6.45, 7) is 20.5. The average molecular weight is 622 g/mol. The van der Waals surface area contributed by atoms with Gasteiger partial charge in [-0.15, -0.1) is 0 Å². The number of hydrogen-bond acceptors (Lipinski definition) is 6. The molecule has 4 aromatic carbocycles. The number of ether oxygens (including phenoxy) is 1. The number of rotatable bonds is 4. The number of benzene rings is 4. The van der Waals surface area contributed by atoms with Crippen LogP contribution in [0.5, 0.6) is 17.4 Å². The molecule has 1 N–H and O–H groups in total. The van der Waals surface area contributed by atoms with Crippen LogP contribution in [0.3, 0.4) is 0 Å². The van der Waals surface area contributed by atoms with Gasteiger partial charge >= 0.3 is 0 Å². The van der Waals surface area contributed by atoms with Gasteiger partial charge in [0.25, 0.3) is 0 Å². The first kappa shape index (κ1) is 30.4. The summed E-state index contributed by atoms with van der Waals surface area (Å²) in [7, 11) is 0. The Bertz CT molecular complexity index is 2090. The van der Waals surface area contributed by atoms with Crippen molar-refractivity contribution in [3.8, 4) is 17.4 Å². The molecule has 7 heteroatoms. The normalized spacial score (nSPS) is 18.6. The van der Waals surface area contributed by atoms with E-state index in [1.54, 1.807) is 12.3 Å². The molecule has 0 bridgehead atoms. The Hall–Kier alpha value is -5.22. The highest BCUT2D eigenvalue weighted by atomic mass is 16.5. The van der Waals surface area contributed by atoms with Gasteiger partial charge in [-0.1, -0.05) is 71.0 Å². The minimum Gasteiger partial charge on any atom is -0.506 e. The van der Waals surface area contributed by atoms with Crippen molar-refractivity contribution < 1.29 is 9.84 Å². The minimum atomic E-state index is -0.135. The minimum absolute atomic E-state index is 0.0589. The molecule has 5 aromatic rings. The number of phenols is 1. The molecule has 2 aliphatic rings. The van der Waals surface area contributed by atoms with Gasteiger partial charge in [0, 0.05) is 11.3 Å². The number of anilines is 1. The fourth-order valence-electron chi connectivity index (χ4n) is 7.01. The molecule has 7 nitrogen and oxygen atoms in total. The molecule has 2 heterocycles. The van der Waals surface area contributed by atoms with Crippen molar-refractivity contribution in [1.29, 1.82) is 0 Å². The van der Waals surface area contributed by atoms with Crippen LogP contribution >= 0.6 is 0 Å². The van der Waals surface area contributed by atoms with Crippen LogP contribution in [0.1, 0.15) is 74.9 Å². The maximum absolute atomic E-state index is 10.8. The number of nitrogens with zero attached hydrogens (tertiary/aromatic N) is 5. The lowest BCUT2D eigenvalue weighted by atomic mass is 9.77. The van der Waals surface area contributed by atoms with Crippen molar-refractivity contribution in [2.45, 2.75) is 71.9 Å². The zero-order chi connectivity index (χ0) is 33.1. The molecule has 0 amide bonds. The summed E-state index contributed by atoms with van der Waals surface area (Å²) in [5.74, 6) is 1.85. The quantitative estimate of drug-likeness (QED) is 0.202. The second-order valence-electron chi connectivity index (χ2n) is 14.5. The lowest BCUT2D eigenvalue weighted by molar-refractivity contribution is 0.255. The van der Waals surface area contributed by atoms with Crippen molar-refractivity contribution in [3.63, 3.8) is 0 Å². The number of phenolic OH excluding ortho intramolecular Hbond substituents is 1. The smallest absolute Gasteiger partial charge is 0.238 e. The Labute approximate surface area is 276 Å². The standard InChI is InChI=1S/C40H39N5O2/c1-24-18-26(20-30(19-24)47-34-23-42-32-21-27(39(2,3)4)22-33(46)36(32)43-34)38-44-35-31-11-9-8-10-25(31)16-17-40(5,6)37(35)45(38)29-14-12-28(41-7)13-15-29/h8-15,18-23,35,37,46H,16-17H2,1-6H3/t35-,37+/m0/s1. The number of aryl methyl sites for hydroxylation is 2. The summed E-state index contributed by atoms with van der Waals surface area (Å²) in [6, 6.07) is 26.4. The van der Waals surface area contributed by atoms with E-state index in [0.717, 1.165) is 41.1 Å². The molecule has 0 radical (unpaired) electrons. The first-order valence-corrected chi connectivity index (χ1v) is 16.1. The fraction of sp³-hybridized carbons (Fsp3) is 0.300. The molecule has 1 aromatic heterocycles. The van der Waals surface area contributed by atoms with Gasteiger partial charge in [-0.2, -0.15) is 0 Å². The zero-order valence-corrected chi connectivity index (χ0v) is 27.7. The van der Waals surface area contributed by atoms with Gasteiger partial charge in [0.1, 0.15) is 22.9 Å². The van der Waals surface area contributed by atoms with E-state index in [9.17, 15) is 5.11 Å². The van der Waals surface area contributed by atoms with Gasteiger partial charge < -0.3 is 14.7 Å². The van der Waals surface area contributed by atoms with Crippen LogP contribution in [0.2, 0.25) is 0 Å². The zero-order valence-electron chi connectivity index (χ0n) is 27.7. The van der Waals surface area contributed by atoms with Crippen molar-refractivity contribution in [1.82, 2.24) is 9.97 Å². The van der Waals surface area contributed by atoms with E-state index < -0.39 is 0 Å². The summed E-state index contributed by atoms with van der Waals surface area (Å²) in [5, 5.41) is 10.8. The Morgan fingerprint density at radius 1 is 1.00 bits per heavy atom. The molecular weight excluding hydrogens is 582 g/mol. The summed E-state index contributed by atoms with van der Waals surface area (Å²) in [4.78, 5) is 20.8. The molecule has 0 unspecified atom stereocenters. The van der Waals surface area contributed by atoms with Crippen LogP contribution in [0.15, 0.2) is 90.1 Å². The van der Waals surface area contributed by atoms with Crippen molar-refractivity contribution >= 4 is 28.2 Å². The van der Waals surface area contributed by atoms with Gasteiger partial charge in [0.15, 0.2) is 5.69 Å². The van der Waals surface area contributed by atoms with E-state index in [1.807, 2.05) is 49.4 Å².